The topological polar surface area (TPSA) is 35.5 Å². The van der Waals surface area contributed by atoms with Crippen LogP contribution in [0.2, 0.25) is 0 Å². The highest BCUT2D eigenvalue weighted by atomic mass is 16.3. The van der Waals surface area contributed by atoms with Crippen molar-refractivity contribution >= 4 is 0 Å². The van der Waals surface area contributed by atoms with Crippen LogP contribution in [-0.4, -0.2) is 48.8 Å². The molecule has 1 saturated carbocycles. The molecule has 0 radical (unpaired) electrons. The van der Waals surface area contributed by atoms with Crippen molar-refractivity contribution in [3.63, 3.8) is 0 Å². The molecule has 0 aromatic carbocycles. The van der Waals surface area contributed by atoms with Gasteiger partial charge in [-0.15, -0.1) is 0 Å². The summed E-state index contributed by atoms with van der Waals surface area (Å²) in [5, 5.41) is 13.3. The fraction of sp³-hybridized carbons (Fsp3) is 1.00. The highest BCUT2D eigenvalue weighted by molar-refractivity contribution is 4.81. The van der Waals surface area contributed by atoms with Crippen molar-refractivity contribution in [3.8, 4) is 0 Å². The number of hydrogen-bond donors (Lipinski definition) is 2. The number of nitrogens with one attached hydrogen (secondary N) is 1. The quantitative estimate of drug-likeness (QED) is 0.727. The van der Waals surface area contributed by atoms with Gasteiger partial charge in [0, 0.05) is 12.6 Å². The van der Waals surface area contributed by atoms with Crippen LogP contribution in [0, 0.1) is 5.92 Å². The second kappa shape index (κ2) is 5.28. The number of aliphatic hydroxyl groups is 1. The second-order valence-corrected chi connectivity index (χ2v) is 5.24. The average Bonchev–Trinajstić information content (AvgIpc) is 2.63. The van der Waals surface area contributed by atoms with Crippen LogP contribution in [0.3, 0.4) is 0 Å². The molecule has 2 N–H and O–H groups in total. The summed E-state index contributed by atoms with van der Waals surface area (Å²) in [4.78, 5) is 2.39. The van der Waals surface area contributed by atoms with Gasteiger partial charge in [-0.05, 0) is 51.7 Å². The molecule has 0 amide bonds. The molecule has 2 aliphatic rings. The molecule has 2 atom stereocenters. The summed E-state index contributed by atoms with van der Waals surface area (Å²) in [6, 6.07) is 0.689. The van der Waals surface area contributed by atoms with Crippen LogP contribution in [0.15, 0.2) is 0 Å². The average molecular weight is 212 g/mol. The minimum Gasteiger partial charge on any atom is -0.393 e. The van der Waals surface area contributed by atoms with E-state index >= 15 is 0 Å². The van der Waals surface area contributed by atoms with Crippen LogP contribution in [0.4, 0.5) is 0 Å². The smallest absolute Gasteiger partial charge is 0.0580 e. The maximum Gasteiger partial charge on any atom is 0.0580 e. The zero-order valence-electron chi connectivity index (χ0n) is 9.78. The van der Waals surface area contributed by atoms with E-state index in [2.05, 4.69) is 17.3 Å². The first kappa shape index (κ1) is 11.4. The van der Waals surface area contributed by atoms with Crippen molar-refractivity contribution in [2.45, 2.75) is 44.2 Å². The first-order valence-electron chi connectivity index (χ1n) is 6.35. The van der Waals surface area contributed by atoms with Crippen LogP contribution in [0.25, 0.3) is 0 Å². The summed E-state index contributed by atoms with van der Waals surface area (Å²) >= 11 is 0. The predicted molar refractivity (Wildman–Crippen MR) is 61.9 cm³/mol. The molecular weight excluding hydrogens is 188 g/mol. The number of piperidine rings is 1. The summed E-state index contributed by atoms with van der Waals surface area (Å²) in [6.45, 7) is 3.45. The summed E-state index contributed by atoms with van der Waals surface area (Å²) in [6.07, 6.45) is 5.92. The lowest BCUT2D eigenvalue weighted by Crippen LogP contribution is -2.43. The summed E-state index contributed by atoms with van der Waals surface area (Å²) in [5.74, 6) is 0.518. The van der Waals surface area contributed by atoms with E-state index in [9.17, 15) is 5.11 Å². The fourth-order valence-corrected chi connectivity index (χ4v) is 2.79. The fourth-order valence-electron chi connectivity index (χ4n) is 2.79. The Bertz CT molecular complexity index is 190. The van der Waals surface area contributed by atoms with E-state index in [4.69, 9.17) is 0 Å². The SMILES string of the molecule is CN1CCC(NCC2CCCC2O)CC1. The Kier molecular flexibility index (Phi) is 4.00. The molecule has 0 aromatic rings. The third-order valence-electron chi connectivity index (χ3n) is 4.01. The Balaban J connectivity index is 1.65. The van der Waals surface area contributed by atoms with Crippen LogP contribution in [-0.2, 0) is 0 Å². The molecule has 1 saturated heterocycles. The van der Waals surface area contributed by atoms with Gasteiger partial charge in [-0.3, -0.25) is 0 Å². The van der Waals surface area contributed by atoms with E-state index in [-0.39, 0.29) is 6.10 Å². The van der Waals surface area contributed by atoms with Gasteiger partial charge in [-0.2, -0.15) is 0 Å². The lowest BCUT2D eigenvalue weighted by molar-refractivity contribution is 0.126. The summed E-state index contributed by atoms with van der Waals surface area (Å²) in [5.41, 5.74) is 0. The minimum absolute atomic E-state index is 0.0382. The zero-order valence-corrected chi connectivity index (χ0v) is 9.78. The molecule has 0 spiro atoms. The zero-order chi connectivity index (χ0) is 10.7. The van der Waals surface area contributed by atoms with Crippen molar-refractivity contribution in [1.29, 1.82) is 0 Å². The van der Waals surface area contributed by atoms with Crippen molar-refractivity contribution in [1.82, 2.24) is 10.2 Å². The van der Waals surface area contributed by atoms with Gasteiger partial charge < -0.3 is 15.3 Å². The summed E-state index contributed by atoms with van der Waals surface area (Å²) in [7, 11) is 2.19. The van der Waals surface area contributed by atoms with Gasteiger partial charge >= 0.3 is 0 Å². The standard InChI is InChI=1S/C12H24N2O/c1-14-7-5-11(6-8-14)13-9-10-3-2-4-12(10)15/h10-13,15H,2-9H2,1H3. The maximum absolute atomic E-state index is 9.71. The van der Waals surface area contributed by atoms with Gasteiger partial charge in [-0.25, -0.2) is 0 Å². The predicted octanol–water partition coefficient (Wildman–Crippen LogP) is 0.831. The van der Waals surface area contributed by atoms with Crippen LogP contribution < -0.4 is 5.32 Å². The maximum atomic E-state index is 9.71. The Morgan fingerprint density at radius 1 is 1.20 bits per heavy atom. The molecule has 1 aliphatic carbocycles. The van der Waals surface area contributed by atoms with Gasteiger partial charge in [0.05, 0.1) is 6.10 Å². The molecule has 1 aliphatic heterocycles. The van der Waals surface area contributed by atoms with Gasteiger partial charge in [-0.1, -0.05) is 6.42 Å². The van der Waals surface area contributed by atoms with Gasteiger partial charge in [0.1, 0.15) is 0 Å². The van der Waals surface area contributed by atoms with Crippen LogP contribution in [0.5, 0.6) is 0 Å². The van der Waals surface area contributed by atoms with E-state index in [1.807, 2.05) is 0 Å². The third kappa shape index (κ3) is 3.16. The minimum atomic E-state index is -0.0382. The van der Waals surface area contributed by atoms with E-state index in [1.165, 1.54) is 38.8 Å². The normalized spacial score (nSPS) is 34.8. The molecule has 2 rings (SSSR count). The van der Waals surface area contributed by atoms with E-state index < -0.39 is 0 Å². The molecule has 2 unspecified atom stereocenters. The largest absolute Gasteiger partial charge is 0.393 e. The lowest BCUT2D eigenvalue weighted by Gasteiger charge is -2.30. The van der Waals surface area contributed by atoms with Crippen LogP contribution >= 0.6 is 0 Å². The first-order valence-corrected chi connectivity index (χ1v) is 6.35. The molecule has 3 nitrogen and oxygen atoms in total. The van der Waals surface area contributed by atoms with Crippen molar-refractivity contribution in [2.24, 2.45) is 5.92 Å². The molecule has 3 heteroatoms. The Labute approximate surface area is 92.8 Å². The highest BCUT2D eigenvalue weighted by Crippen LogP contribution is 2.25. The number of hydrogen-bond acceptors (Lipinski definition) is 3. The van der Waals surface area contributed by atoms with Crippen molar-refractivity contribution < 1.29 is 5.11 Å². The molecule has 0 bridgehead atoms. The Hall–Kier alpha value is -0.120. The lowest BCUT2D eigenvalue weighted by atomic mass is 10.0. The number of aliphatic hydroxyl groups excluding tert-OH is 1. The Morgan fingerprint density at radius 3 is 2.53 bits per heavy atom. The van der Waals surface area contributed by atoms with Gasteiger partial charge in [0.15, 0.2) is 0 Å². The third-order valence-corrected chi connectivity index (χ3v) is 4.01. The van der Waals surface area contributed by atoms with Crippen LogP contribution in [0.1, 0.15) is 32.1 Å². The number of nitrogens with zero attached hydrogens (tertiary/aromatic N) is 1. The molecular formula is C12H24N2O. The van der Waals surface area contributed by atoms with Gasteiger partial charge in [0.2, 0.25) is 0 Å². The second-order valence-electron chi connectivity index (χ2n) is 5.24. The molecule has 0 aromatic heterocycles. The molecule has 15 heavy (non-hydrogen) atoms. The van der Waals surface area contributed by atoms with E-state index in [0.29, 0.717) is 12.0 Å². The number of likely N-dealkylation sites (tertiary alicyclic amines) is 1. The molecule has 1 heterocycles. The first-order chi connectivity index (χ1) is 7.25. The van der Waals surface area contributed by atoms with E-state index in [0.717, 1.165) is 13.0 Å². The molecule has 2 fully saturated rings. The van der Waals surface area contributed by atoms with Crippen molar-refractivity contribution in [3.05, 3.63) is 0 Å². The van der Waals surface area contributed by atoms with E-state index in [1.54, 1.807) is 0 Å². The number of rotatable bonds is 3. The highest BCUT2D eigenvalue weighted by Gasteiger charge is 2.26. The monoisotopic (exact) mass is 212 g/mol. The molecule has 88 valence electrons. The van der Waals surface area contributed by atoms with Crippen molar-refractivity contribution in [2.75, 3.05) is 26.7 Å². The summed E-state index contributed by atoms with van der Waals surface area (Å²) < 4.78 is 0. The Morgan fingerprint density at radius 2 is 1.93 bits per heavy atom. The van der Waals surface area contributed by atoms with Gasteiger partial charge in [0.25, 0.3) is 0 Å².